The Balaban J connectivity index is 1.68. The highest BCUT2D eigenvalue weighted by Gasteiger charge is 2.15. The number of rotatable bonds is 4. The van der Waals surface area contributed by atoms with Gasteiger partial charge in [0, 0.05) is 15.7 Å². The van der Waals surface area contributed by atoms with Gasteiger partial charge in [-0.1, -0.05) is 40.2 Å². The van der Waals surface area contributed by atoms with Crippen molar-refractivity contribution < 1.29 is 9.53 Å². The van der Waals surface area contributed by atoms with Crippen LogP contribution in [0.25, 0.3) is 20.8 Å². The number of hydrogen-bond acceptors (Lipinski definition) is 4. The van der Waals surface area contributed by atoms with E-state index in [0.29, 0.717) is 11.3 Å². The Morgan fingerprint density at radius 1 is 1.11 bits per heavy atom. The Labute approximate surface area is 175 Å². The van der Waals surface area contributed by atoms with Crippen molar-refractivity contribution in [3.05, 3.63) is 76.3 Å². The van der Waals surface area contributed by atoms with Crippen molar-refractivity contribution in [1.29, 1.82) is 0 Å². The van der Waals surface area contributed by atoms with Crippen molar-refractivity contribution in [2.45, 2.75) is 6.92 Å². The summed E-state index contributed by atoms with van der Waals surface area (Å²) in [6.45, 7) is 1.97. The van der Waals surface area contributed by atoms with E-state index < -0.39 is 0 Å². The fourth-order valence-corrected chi connectivity index (χ4v) is 4.26. The summed E-state index contributed by atoms with van der Waals surface area (Å²) >= 11 is 5.05. The maximum Gasteiger partial charge on any atom is 0.259 e. The quantitative estimate of drug-likeness (QED) is 0.395. The Bertz CT molecular complexity index is 1150. The molecule has 0 aliphatic heterocycles. The first kappa shape index (κ1) is 18.7. The number of nitrogens with one attached hydrogen (secondary N) is 1. The lowest BCUT2D eigenvalue weighted by Gasteiger charge is -2.12. The van der Waals surface area contributed by atoms with Crippen molar-refractivity contribution in [3.63, 3.8) is 0 Å². The van der Waals surface area contributed by atoms with Crippen LogP contribution in [0.1, 0.15) is 15.9 Å². The minimum atomic E-state index is -0.220. The van der Waals surface area contributed by atoms with E-state index in [4.69, 9.17) is 9.72 Å². The van der Waals surface area contributed by atoms with Crippen molar-refractivity contribution >= 4 is 49.1 Å². The van der Waals surface area contributed by atoms with Gasteiger partial charge in [0.25, 0.3) is 5.91 Å². The number of hydrogen-bond donors (Lipinski definition) is 1. The molecule has 0 radical (unpaired) electrons. The minimum absolute atomic E-state index is 0.220. The standard InChI is InChI=1S/C22H17BrN2O2S/c1-13-7-8-14(22-25-17-5-3-4-6-20(17)28-22)11-18(13)24-21(26)16-12-15(23)9-10-19(16)27-2/h3-12H,1-2H3,(H,24,26). The number of aryl methyl sites for hydroxylation is 1. The molecule has 0 saturated heterocycles. The Kier molecular flexibility index (Phi) is 5.15. The highest BCUT2D eigenvalue weighted by Crippen LogP contribution is 2.33. The fraction of sp³-hybridized carbons (Fsp3) is 0.0909. The number of carbonyl (C=O) groups is 1. The molecule has 140 valence electrons. The SMILES string of the molecule is COc1ccc(Br)cc1C(=O)Nc1cc(-c2nc3ccccc3s2)ccc1C. The second kappa shape index (κ2) is 7.73. The third-order valence-electron chi connectivity index (χ3n) is 4.43. The maximum atomic E-state index is 12.9. The van der Waals surface area contributed by atoms with E-state index >= 15 is 0 Å². The molecule has 6 heteroatoms. The minimum Gasteiger partial charge on any atom is -0.496 e. The second-order valence-corrected chi connectivity index (χ2v) is 8.26. The molecular formula is C22H17BrN2O2S. The number of thiazole rings is 1. The number of para-hydroxylation sites is 1. The van der Waals surface area contributed by atoms with Crippen LogP contribution in [0.5, 0.6) is 5.75 Å². The summed E-state index contributed by atoms with van der Waals surface area (Å²) in [5.41, 5.74) is 4.16. The Morgan fingerprint density at radius 2 is 1.93 bits per heavy atom. The highest BCUT2D eigenvalue weighted by molar-refractivity contribution is 9.10. The van der Waals surface area contributed by atoms with Crippen molar-refractivity contribution in [2.24, 2.45) is 0 Å². The summed E-state index contributed by atoms with van der Waals surface area (Å²) < 4.78 is 7.29. The van der Waals surface area contributed by atoms with Crippen LogP contribution < -0.4 is 10.1 Å². The lowest BCUT2D eigenvalue weighted by Crippen LogP contribution is -2.14. The Hall–Kier alpha value is -2.70. The Morgan fingerprint density at radius 3 is 2.71 bits per heavy atom. The normalized spacial score (nSPS) is 10.8. The third-order valence-corrected chi connectivity index (χ3v) is 6.01. The number of anilines is 1. The first-order chi connectivity index (χ1) is 13.5. The van der Waals surface area contributed by atoms with Gasteiger partial charge in [0.1, 0.15) is 10.8 Å². The molecule has 0 fully saturated rings. The first-order valence-corrected chi connectivity index (χ1v) is 10.3. The fourth-order valence-electron chi connectivity index (χ4n) is 2.93. The molecule has 3 aromatic carbocycles. The topological polar surface area (TPSA) is 51.2 Å². The predicted molar refractivity (Wildman–Crippen MR) is 118 cm³/mol. The molecule has 0 unspecified atom stereocenters. The molecule has 1 aromatic heterocycles. The summed E-state index contributed by atoms with van der Waals surface area (Å²) in [5.74, 6) is 0.309. The van der Waals surface area contributed by atoms with Crippen LogP contribution in [0.15, 0.2) is 65.1 Å². The molecule has 0 bridgehead atoms. The van der Waals surface area contributed by atoms with Gasteiger partial charge in [0.15, 0.2) is 0 Å². The number of benzene rings is 3. The number of methoxy groups -OCH3 is 1. The number of aromatic nitrogens is 1. The molecule has 0 aliphatic carbocycles. The van der Waals surface area contributed by atoms with E-state index in [0.717, 1.165) is 36.5 Å². The van der Waals surface area contributed by atoms with Crippen LogP contribution in [-0.2, 0) is 0 Å². The van der Waals surface area contributed by atoms with E-state index in [9.17, 15) is 4.79 Å². The average molecular weight is 453 g/mol. The van der Waals surface area contributed by atoms with E-state index in [-0.39, 0.29) is 5.91 Å². The molecule has 1 heterocycles. The van der Waals surface area contributed by atoms with Crippen molar-refractivity contribution in [1.82, 2.24) is 4.98 Å². The van der Waals surface area contributed by atoms with Gasteiger partial charge >= 0.3 is 0 Å². The van der Waals surface area contributed by atoms with Crippen LogP contribution >= 0.6 is 27.3 Å². The van der Waals surface area contributed by atoms with Crippen molar-refractivity contribution in [3.8, 4) is 16.3 Å². The number of halogens is 1. The number of carbonyl (C=O) groups excluding carboxylic acids is 1. The molecule has 0 atom stereocenters. The first-order valence-electron chi connectivity index (χ1n) is 8.66. The van der Waals surface area contributed by atoms with Gasteiger partial charge in [-0.3, -0.25) is 4.79 Å². The van der Waals surface area contributed by atoms with Gasteiger partial charge in [0.2, 0.25) is 0 Å². The molecule has 1 N–H and O–H groups in total. The lowest BCUT2D eigenvalue weighted by molar-refractivity contribution is 0.102. The van der Waals surface area contributed by atoms with Gasteiger partial charge in [-0.25, -0.2) is 4.98 Å². The third kappa shape index (κ3) is 3.66. The van der Waals surface area contributed by atoms with Gasteiger partial charge in [-0.05, 0) is 48.9 Å². The molecule has 4 aromatic rings. The number of amides is 1. The molecule has 1 amide bonds. The molecule has 0 aliphatic rings. The van der Waals surface area contributed by atoms with E-state index in [2.05, 4.69) is 27.3 Å². The maximum absolute atomic E-state index is 12.9. The van der Waals surface area contributed by atoms with Crippen LogP contribution in [0.3, 0.4) is 0 Å². The molecule has 28 heavy (non-hydrogen) atoms. The van der Waals surface area contributed by atoms with E-state index in [1.54, 1.807) is 30.6 Å². The zero-order valence-corrected chi connectivity index (χ0v) is 17.7. The average Bonchev–Trinajstić information content (AvgIpc) is 3.13. The molecular weight excluding hydrogens is 436 g/mol. The van der Waals surface area contributed by atoms with Gasteiger partial charge < -0.3 is 10.1 Å². The van der Waals surface area contributed by atoms with Crippen LogP contribution in [-0.4, -0.2) is 18.0 Å². The summed E-state index contributed by atoms with van der Waals surface area (Å²) in [4.78, 5) is 17.6. The largest absolute Gasteiger partial charge is 0.496 e. The van der Waals surface area contributed by atoms with Gasteiger partial charge in [-0.2, -0.15) is 0 Å². The highest BCUT2D eigenvalue weighted by atomic mass is 79.9. The van der Waals surface area contributed by atoms with Crippen LogP contribution in [0, 0.1) is 6.92 Å². The van der Waals surface area contributed by atoms with Crippen molar-refractivity contribution in [2.75, 3.05) is 12.4 Å². The van der Waals surface area contributed by atoms with Gasteiger partial charge in [0.05, 0.1) is 22.9 Å². The summed E-state index contributed by atoms with van der Waals surface area (Å²) in [6, 6.07) is 19.4. The van der Waals surface area contributed by atoms with E-state index in [1.807, 2.05) is 49.4 Å². The summed E-state index contributed by atoms with van der Waals surface area (Å²) in [5, 5.41) is 3.94. The van der Waals surface area contributed by atoms with Crippen LogP contribution in [0.2, 0.25) is 0 Å². The zero-order valence-electron chi connectivity index (χ0n) is 15.3. The summed E-state index contributed by atoms with van der Waals surface area (Å²) in [6.07, 6.45) is 0. The predicted octanol–water partition coefficient (Wildman–Crippen LogP) is 6.30. The van der Waals surface area contributed by atoms with Crippen LogP contribution in [0.4, 0.5) is 5.69 Å². The molecule has 0 saturated carbocycles. The van der Waals surface area contributed by atoms with Gasteiger partial charge in [-0.15, -0.1) is 11.3 Å². The molecule has 4 nitrogen and oxygen atoms in total. The zero-order chi connectivity index (χ0) is 19.7. The monoisotopic (exact) mass is 452 g/mol. The number of ether oxygens (including phenoxy) is 1. The second-order valence-electron chi connectivity index (χ2n) is 6.32. The van der Waals surface area contributed by atoms with E-state index in [1.165, 1.54) is 0 Å². The smallest absolute Gasteiger partial charge is 0.259 e. The molecule has 0 spiro atoms. The summed E-state index contributed by atoms with van der Waals surface area (Å²) in [7, 11) is 1.55. The lowest BCUT2D eigenvalue weighted by atomic mass is 10.1. The molecule has 4 rings (SSSR count). The number of fused-ring (bicyclic) bond motifs is 1. The number of nitrogens with zero attached hydrogens (tertiary/aromatic N) is 1.